The first kappa shape index (κ1) is 20.8. The first-order chi connectivity index (χ1) is 12.5. The predicted molar refractivity (Wildman–Crippen MR) is 109 cm³/mol. The van der Waals surface area contributed by atoms with Crippen LogP contribution in [-0.2, 0) is 15.5 Å². The van der Waals surface area contributed by atoms with Crippen molar-refractivity contribution in [3.05, 3.63) is 60.2 Å². The van der Waals surface area contributed by atoms with Gasteiger partial charge in [0.1, 0.15) is 13.3 Å². The van der Waals surface area contributed by atoms with Crippen LogP contribution >= 0.6 is 0 Å². The van der Waals surface area contributed by atoms with Gasteiger partial charge in [0.05, 0.1) is 21.2 Å². The van der Waals surface area contributed by atoms with Gasteiger partial charge in [0.15, 0.2) is 0 Å². The highest BCUT2D eigenvalue weighted by atomic mass is 32.2. The van der Waals surface area contributed by atoms with Crippen LogP contribution in [0.1, 0.15) is 19.4 Å². The van der Waals surface area contributed by atoms with Crippen molar-refractivity contribution in [2.75, 3.05) is 25.4 Å². The predicted octanol–water partition coefficient (Wildman–Crippen LogP) is 2.98. The lowest BCUT2D eigenvalue weighted by atomic mass is 9.82. The van der Waals surface area contributed by atoms with Gasteiger partial charge in [0, 0.05) is 24.9 Å². The Morgan fingerprint density at radius 3 is 2.15 bits per heavy atom. The number of benzene rings is 2. The Bertz CT molecular complexity index is 957. The van der Waals surface area contributed by atoms with Crippen LogP contribution in [0.25, 0.3) is 0 Å². The van der Waals surface area contributed by atoms with E-state index < -0.39 is 10.1 Å². The molecule has 7 heteroatoms. The van der Waals surface area contributed by atoms with Crippen molar-refractivity contribution in [3.8, 4) is 0 Å². The maximum Gasteiger partial charge on any atom is 0.212 e. The number of fused-ring (bicyclic) bond motifs is 1. The van der Waals surface area contributed by atoms with Gasteiger partial charge in [0.25, 0.3) is 0 Å². The van der Waals surface area contributed by atoms with Gasteiger partial charge >= 0.3 is 0 Å². The first-order valence-corrected chi connectivity index (χ1v) is 10.3. The number of nitrogens with zero attached hydrogens (tertiary/aromatic N) is 3. The summed E-state index contributed by atoms with van der Waals surface area (Å²) in [6.07, 6.45) is 2.58. The van der Waals surface area contributed by atoms with Crippen molar-refractivity contribution in [3.63, 3.8) is 0 Å². The minimum Gasteiger partial charge on any atom is -0.748 e. The summed E-state index contributed by atoms with van der Waals surface area (Å²) < 4.78 is 29.5. The summed E-state index contributed by atoms with van der Waals surface area (Å²) in [6, 6.07) is 18.7. The van der Waals surface area contributed by atoms with Crippen LogP contribution in [0.3, 0.4) is 0 Å². The van der Waals surface area contributed by atoms with E-state index in [1.807, 2.05) is 36.5 Å². The van der Waals surface area contributed by atoms with E-state index in [9.17, 15) is 0 Å². The summed E-state index contributed by atoms with van der Waals surface area (Å²) in [6.45, 7) is 4.50. The maximum atomic E-state index is 9.08. The quantitative estimate of drug-likeness (QED) is 0.351. The van der Waals surface area contributed by atoms with Crippen LogP contribution in [-0.4, -0.2) is 49.8 Å². The molecule has 0 N–H and O–H groups in total. The van der Waals surface area contributed by atoms with Gasteiger partial charge in [-0.3, -0.25) is 5.01 Å². The van der Waals surface area contributed by atoms with E-state index in [2.05, 4.69) is 67.0 Å². The van der Waals surface area contributed by atoms with Crippen molar-refractivity contribution in [1.29, 1.82) is 0 Å². The molecular weight excluding hydrogens is 362 g/mol. The molecule has 6 nitrogen and oxygen atoms in total. The Morgan fingerprint density at radius 1 is 1.07 bits per heavy atom. The molecule has 2 aromatic rings. The van der Waals surface area contributed by atoms with Crippen molar-refractivity contribution >= 4 is 33.4 Å². The Hall–Kier alpha value is -2.51. The molecule has 2 aromatic carbocycles. The summed E-state index contributed by atoms with van der Waals surface area (Å²) in [5.74, 6) is 0. The van der Waals surface area contributed by atoms with E-state index in [4.69, 9.17) is 13.0 Å². The standard InChI is InChI=1S/C19H22N3.CH4O3S/c1-19(2)16-12-8-9-13-17(16)21(3)18(19)14-20-22(4)15-10-6-5-7-11-15;1-5(2,3)4/h5-14H,1-4H3;1H3,(H,2,3,4)/q+1;/p-1. The van der Waals surface area contributed by atoms with Gasteiger partial charge in [-0.25, -0.2) is 8.42 Å². The zero-order chi connectivity index (χ0) is 20.2. The molecule has 0 amide bonds. The number of para-hydroxylation sites is 2. The third-order valence-electron chi connectivity index (χ3n) is 4.42. The van der Waals surface area contributed by atoms with Crippen LogP contribution in [0.2, 0.25) is 0 Å². The fourth-order valence-corrected chi connectivity index (χ4v) is 3.08. The largest absolute Gasteiger partial charge is 0.748 e. The van der Waals surface area contributed by atoms with Gasteiger partial charge in [-0.05, 0) is 26.0 Å². The molecule has 0 saturated heterocycles. The van der Waals surface area contributed by atoms with Crippen molar-refractivity contribution < 1.29 is 17.5 Å². The van der Waals surface area contributed by atoms with Gasteiger partial charge in [-0.2, -0.15) is 9.68 Å². The molecule has 0 spiro atoms. The highest BCUT2D eigenvalue weighted by molar-refractivity contribution is 7.84. The van der Waals surface area contributed by atoms with Gasteiger partial charge in [-0.15, -0.1) is 0 Å². The fraction of sp³-hybridized carbons (Fsp3) is 0.300. The van der Waals surface area contributed by atoms with Gasteiger partial charge in [0.2, 0.25) is 11.4 Å². The molecule has 0 bridgehead atoms. The number of hydrazone groups is 1. The Balaban J connectivity index is 0.000000465. The zero-order valence-corrected chi connectivity index (χ0v) is 17.1. The molecule has 0 aliphatic carbocycles. The van der Waals surface area contributed by atoms with Crippen LogP contribution < -0.4 is 5.01 Å². The van der Waals surface area contributed by atoms with E-state index in [1.54, 1.807) is 0 Å². The van der Waals surface area contributed by atoms with Crippen molar-refractivity contribution in [1.82, 2.24) is 0 Å². The summed E-state index contributed by atoms with van der Waals surface area (Å²) in [5.41, 5.74) is 4.86. The molecular formula is C20H25N3O3S. The molecule has 0 atom stereocenters. The van der Waals surface area contributed by atoms with Crippen LogP contribution in [0.5, 0.6) is 0 Å². The van der Waals surface area contributed by atoms with E-state index >= 15 is 0 Å². The van der Waals surface area contributed by atoms with Gasteiger partial charge < -0.3 is 4.55 Å². The van der Waals surface area contributed by atoms with E-state index in [0.717, 1.165) is 5.69 Å². The lowest BCUT2D eigenvalue weighted by Crippen LogP contribution is -2.30. The second-order valence-electron chi connectivity index (χ2n) is 6.89. The van der Waals surface area contributed by atoms with E-state index in [0.29, 0.717) is 6.26 Å². The summed E-state index contributed by atoms with van der Waals surface area (Å²) in [7, 11) is 0.166. The number of rotatable bonds is 3. The second kappa shape index (κ2) is 8.02. The van der Waals surface area contributed by atoms with Crippen LogP contribution in [0.4, 0.5) is 11.4 Å². The Labute approximate surface area is 161 Å². The zero-order valence-electron chi connectivity index (χ0n) is 16.2. The van der Waals surface area contributed by atoms with Crippen molar-refractivity contribution in [2.24, 2.45) is 5.10 Å². The third-order valence-corrected chi connectivity index (χ3v) is 4.42. The molecule has 1 aliphatic rings. The number of hydrogen-bond donors (Lipinski definition) is 0. The average molecular weight is 388 g/mol. The normalized spacial score (nSPS) is 15.3. The lowest BCUT2D eigenvalue weighted by molar-refractivity contribution is -0.400. The third kappa shape index (κ3) is 5.24. The monoisotopic (exact) mass is 387 g/mol. The van der Waals surface area contributed by atoms with E-state index in [1.165, 1.54) is 17.0 Å². The lowest BCUT2D eigenvalue weighted by Gasteiger charge is -2.16. The molecule has 0 aromatic heterocycles. The highest BCUT2D eigenvalue weighted by Crippen LogP contribution is 2.38. The van der Waals surface area contributed by atoms with E-state index in [-0.39, 0.29) is 5.41 Å². The smallest absolute Gasteiger partial charge is 0.212 e. The first-order valence-electron chi connectivity index (χ1n) is 8.46. The van der Waals surface area contributed by atoms with Gasteiger partial charge in [-0.1, -0.05) is 36.4 Å². The van der Waals surface area contributed by atoms with Crippen molar-refractivity contribution in [2.45, 2.75) is 19.3 Å². The molecule has 144 valence electrons. The second-order valence-corrected chi connectivity index (χ2v) is 8.30. The molecule has 0 unspecified atom stereocenters. The fourth-order valence-electron chi connectivity index (χ4n) is 3.08. The molecule has 27 heavy (non-hydrogen) atoms. The highest BCUT2D eigenvalue weighted by Gasteiger charge is 2.43. The molecule has 0 fully saturated rings. The summed E-state index contributed by atoms with van der Waals surface area (Å²) in [4.78, 5) is 0. The average Bonchev–Trinajstić information content (AvgIpc) is 2.79. The van der Waals surface area contributed by atoms with Crippen LogP contribution in [0.15, 0.2) is 59.7 Å². The Morgan fingerprint density at radius 2 is 1.59 bits per heavy atom. The summed E-state index contributed by atoms with van der Waals surface area (Å²) >= 11 is 0. The minimum atomic E-state index is -3.92. The number of hydrogen-bond acceptors (Lipinski definition) is 5. The molecule has 3 rings (SSSR count). The Kier molecular flexibility index (Phi) is 6.18. The number of anilines is 1. The minimum absolute atomic E-state index is 0.0353. The molecule has 0 radical (unpaired) electrons. The summed E-state index contributed by atoms with van der Waals surface area (Å²) in [5, 5.41) is 6.54. The topological polar surface area (TPSA) is 75.8 Å². The van der Waals surface area contributed by atoms with Crippen LogP contribution in [0, 0.1) is 0 Å². The molecule has 0 saturated carbocycles. The molecule has 1 aliphatic heterocycles. The SMILES string of the molecule is CN(/N=C/C1=[N+](C)c2ccccc2C1(C)C)c1ccccc1.CS(=O)(=O)[O-]. The molecule has 1 heterocycles. The maximum absolute atomic E-state index is 9.08.